The molecule has 0 saturated heterocycles. The summed E-state index contributed by atoms with van der Waals surface area (Å²) in [7, 11) is 0. The van der Waals surface area contributed by atoms with Gasteiger partial charge in [0.25, 0.3) is 0 Å². The van der Waals surface area contributed by atoms with Crippen LogP contribution in [0.4, 0.5) is 10.5 Å². The average Bonchev–Trinajstić information content (AvgIpc) is 3.28. The van der Waals surface area contributed by atoms with Crippen molar-refractivity contribution in [2.45, 2.75) is 53.1 Å². The van der Waals surface area contributed by atoms with Gasteiger partial charge in [0, 0.05) is 47.9 Å². The van der Waals surface area contributed by atoms with Crippen LogP contribution in [0.3, 0.4) is 0 Å². The van der Waals surface area contributed by atoms with Gasteiger partial charge >= 0.3 is 6.03 Å². The Balaban J connectivity index is 1.63. The highest BCUT2D eigenvalue weighted by Gasteiger charge is 2.28. The Morgan fingerprint density at radius 3 is 2.34 bits per heavy atom. The number of carbonyl (C=O) groups is 1. The quantitative estimate of drug-likeness (QED) is 0.281. The fourth-order valence-corrected chi connectivity index (χ4v) is 5.74. The minimum absolute atomic E-state index is 0.574. The van der Waals surface area contributed by atoms with Gasteiger partial charge in [0.05, 0.1) is 17.1 Å². The van der Waals surface area contributed by atoms with Crippen molar-refractivity contribution in [2.24, 2.45) is 5.73 Å². The van der Waals surface area contributed by atoms with E-state index in [9.17, 15) is 4.79 Å². The SMILES string of the molecule is CCc1cccc(CC)c1-n1nc2c(c1-c1ccc(NC(N)=O)cc1)CN(Cc1c(C)cccc1Cl)CC2. The lowest BCUT2D eigenvalue weighted by Crippen LogP contribution is -2.30. The van der Waals surface area contributed by atoms with Crippen molar-refractivity contribution in [1.29, 1.82) is 0 Å². The van der Waals surface area contributed by atoms with Gasteiger partial charge in [-0.05, 0) is 60.2 Å². The molecule has 1 aliphatic heterocycles. The second-order valence-electron chi connectivity index (χ2n) is 9.88. The maximum Gasteiger partial charge on any atom is 0.316 e. The van der Waals surface area contributed by atoms with Crippen LogP contribution in [0.2, 0.25) is 5.02 Å². The third-order valence-corrected chi connectivity index (χ3v) is 7.80. The van der Waals surface area contributed by atoms with E-state index < -0.39 is 6.03 Å². The van der Waals surface area contributed by atoms with Crippen LogP contribution in [-0.2, 0) is 32.4 Å². The number of halogens is 1. The number of benzene rings is 3. The van der Waals surface area contributed by atoms with Gasteiger partial charge in [-0.2, -0.15) is 5.10 Å². The number of hydrogen-bond acceptors (Lipinski definition) is 3. The number of amides is 2. The molecular weight excluding hydrogens is 494 g/mol. The van der Waals surface area contributed by atoms with E-state index in [1.807, 2.05) is 36.4 Å². The molecule has 7 heteroatoms. The first-order valence-corrected chi connectivity index (χ1v) is 13.6. The lowest BCUT2D eigenvalue weighted by atomic mass is 9.98. The molecule has 38 heavy (non-hydrogen) atoms. The summed E-state index contributed by atoms with van der Waals surface area (Å²) >= 11 is 6.60. The molecule has 0 spiro atoms. The van der Waals surface area contributed by atoms with Crippen molar-refractivity contribution < 1.29 is 4.79 Å². The molecule has 196 valence electrons. The third kappa shape index (κ3) is 5.06. The number of primary amides is 1. The summed E-state index contributed by atoms with van der Waals surface area (Å²) in [5, 5.41) is 8.71. The highest BCUT2D eigenvalue weighted by molar-refractivity contribution is 6.31. The first-order valence-electron chi connectivity index (χ1n) is 13.2. The molecule has 4 aromatic rings. The van der Waals surface area contributed by atoms with Crippen LogP contribution in [0.25, 0.3) is 16.9 Å². The van der Waals surface area contributed by atoms with Gasteiger partial charge in [-0.3, -0.25) is 4.90 Å². The Bertz CT molecular complexity index is 1430. The molecular formula is C31H34ClN5O. The second-order valence-corrected chi connectivity index (χ2v) is 10.3. The highest BCUT2D eigenvalue weighted by atomic mass is 35.5. The molecule has 1 aromatic heterocycles. The number of aromatic nitrogens is 2. The molecule has 0 atom stereocenters. The van der Waals surface area contributed by atoms with Gasteiger partial charge < -0.3 is 11.1 Å². The zero-order valence-electron chi connectivity index (χ0n) is 22.2. The minimum atomic E-state index is -0.574. The number of anilines is 1. The number of rotatable bonds is 7. The molecule has 0 radical (unpaired) electrons. The molecule has 3 aromatic carbocycles. The van der Waals surface area contributed by atoms with Crippen LogP contribution >= 0.6 is 11.6 Å². The summed E-state index contributed by atoms with van der Waals surface area (Å²) in [5.41, 5.74) is 16.7. The van der Waals surface area contributed by atoms with Gasteiger partial charge in [0.1, 0.15) is 0 Å². The van der Waals surface area contributed by atoms with Crippen LogP contribution in [0, 0.1) is 6.92 Å². The fourth-order valence-electron chi connectivity index (χ4n) is 5.45. The number of nitrogens with one attached hydrogen (secondary N) is 1. The van der Waals surface area contributed by atoms with Crippen molar-refractivity contribution in [3.63, 3.8) is 0 Å². The summed E-state index contributed by atoms with van der Waals surface area (Å²) < 4.78 is 2.17. The number of fused-ring (bicyclic) bond motifs is 1. The van der Waals surface area contributed by atoms with E-state index in [4.69, 9.17) is 22.4 Å². The van der Waals surface area contributed by atoms with E-state index >= 15 is 0 Å². The molecule has 0 saturated carbocycles. The normalized spacial score (nSPS) is 13.4. The first kappa shape index (κ1) is 26.0. The topological polar surface area (TPSA) is 76.2 Å². The average molecular weight is 528 g/mol. The van der Waals surface area contributed by atoms with Gasteiger partial charge in [-0.1, -0.05) is 67.9 Å². The Hall–Kier alpha value is -3.61. The molecule has 0 aliphatic carbocycles. The number of para-hydroxylation sites is 1. The summed E-state index contributed by atoms with van der Waals surface area (Å²) in [6.45, 7) is 9.01. The number of carbonyl (C=O) groups excluding carboxylic acids is 1. The standard InChI is InChI=1S/C31H34ClN5O/c1-4-21-9-7-10-22(5-2)29(21)37-30(23-12-14-24(15-13-23)34-31(33)38)26-19-36(17-16-28(26)35-37)18-25-20(3)8-6-11-27(25)32/h6-15H,4-5,16-19H2,1-3H3,(H3,33,34,38). The maximum atomic E-state index is 11.4. The summed E-state index contributed by atoms with van der Waals surface area (Å²) in [6.07, 6.45) is 2.72. The number of urea groups is 1. The number of nitrogens with two attached hydrogens (primary N) is 1. The lowest BCUT2D eigenvalue weighted by Gasteiger charge is -2.28. The van der Waals surface area contributed by atoms with Gasteiger partial charge in [-0.25, -0.2) is 9.48 Å². The zero-order chi connectivity index (χ0) is 26.8. The van der Waals surface area contributed by atoms with Gasteiger partial charge in [-0.15, -0.1) is 0 Å². The Morgan fingerprint density at radius 1 is 1.03 bits per heavy atom. The van der Waals surface area contributed by atoms with Crippen LogP contribution in [-0.4, -0.2) is 27.3 Å². The Labute approximate surface area is 229 Å². The molecule has 0 bridgehead atoms. The van der Waals surface area contributed by atoms with E-state index in [2.05, 4.69) is 59.9 Å². The molecule has 2 heterocycles. The smallest absolute Gasteiger partial charge is 0.316 e. The van der Waals surface area contributed by atoms with E-state index in [1.54, 1.807) is 0 Å². The van der Waals surface area contributed by atoms with Crippen molar-refractivity contribution in [1.82, 2.24) is 14.7 Å². The highest BCUT2D eigenvalue weighted by Crippen LogP contribution is 2.36. The second kappa shape index (κ2) is 11.0. The van der Waals surface area contributed by atoms with Crippen LogP contribution in [0.5, 0.6) is 0 Å². The Kier molecular flexibility index (Phi) is 7.54. The molecule has 2 amide bonds. The molecule has 0 unspecified atom stereocenters. The van der Waals surface area contributed by atoms with Gasteiger partial charge in [0.15, 0.2) is 0 Å². The summed E-state index contributed by atoms with van der Waals surface area (Å²) in [6, 6.07) is 19.9. The van der Waals surface area contributed by atoms with Gasteiger partial charge in [0.2, 0.25) is 0 Å². The summed E-state index contributed by atoms with van der Waals surface area (Å²) in [5.74, 6) is 0. The predicted octanol–water partition coefficient (Wildman–Crippen LogP) is 6.67. The largest absolute Gasteiger partial charge is 0.351 e. The van der Waals surface area contributed by atoms with E-state index in [0.717, 1.165) is 60.9 Å². The van der Waals surface area contributed by atoms with Crippen molar-refractivity contribution in [2.75, 3.05) is 11.9 Å². The third-order valence-electron chi connectivity index (χ3n) is 7.45. The van der Waals surface area contributed by atoms with Crippen molar-refractivity contribution >= 4 is 23.3 Å². The summed E-state index contributed by atoms with van der Waals surface area (Å²) in [4.78, 5) is 13.8. The van der Waals surface area contributed by atoms with Crippen molar-refractivity contribution in [3.05, 3.63) is 99.2 Å². The molecule has 3 N–H and O–H groups in total. The first-order chi connectivity index (χ1) is 18.4. The molecule has 5 rings (SSSR count). The van der Waals surface area contributed by atoms with Crippen LogP contribution in [0.15, 0.2) is 60.7 Å². The monoisotopic (exact) mass is 527 g/mol. The number of hydrogen-bond donors (Lipinski definition) is 2. The number of nitrogens with zero attached hydrogens (tertiary/aromatic N) is 3. The molecule has 6 nitrogen and oxygen atoms in total. The number of aryl methyl sites for hydroxylation is 3. The van der Waals surface area contributed by atoms with Crippen molar-refractivity contribution in [3.8, 4) is 16.9 Å². The maximum absolute atomic E-state index is 11.4. The fraction of sp³-hybridized carbons (Fsp3) is 0.290. The lowest BCUT2D eigenvalue weighted by molar-refractivity contribution is 0.244. The van der Waals surface area contributed by atoms with E-state index in [0.29, 0.717) is 5.69 Å². The minimum Gasteiger partial charge on any atom is -0.351 e. The molecule has 1 aliphatic rings. The van der Waals surface area contributed by atoms with E-state index in [1.165, 1.54) is 33.5 Å². The zero-order valence-corrected chi connectivity index (χ0v) is 23.0. The van der Waals surface area contributed by atoms with Crippen LogP contribution in [0.1, 0.15) is 47.4 Å². The molecule has 0 fully saturated rings. The van der Waals surface area contributed by atoms with E-state index in [-0.39, 0.29) is 0 Å². The Morgan fingerprint density at radius 2 is 1.71 bits per heavy atom. The van der Waals surface area contributed by atoms with Crippen LogP contribution < -0.4 is 11.1 Å². The predicted molar refractivity (Wildman–Crippen MR) is 155 cm³/mol.